The van der Waals surface area contributed by atoms with Gasteiger partial charge in [-0.1, -0.05) is 12.1 Å². The lowest BCUT2D eigenvalue weighted by Crippen LogP contribution is -2.04. The largest absolute Gasteiger partial charge is 0.497 e. The van der Waals surface area contributed by atoms with Crippen LogP contribution in [0, 0.1) is 10.1 Å². The lowest BCUT2D eigenvalue weighted by molar-refractivity contribution is -0.386. The first-order chi connectivity index (χ1) is 10.1. The Balaban J connectivity index is 2.15. The third-order valence-corrected chi connectivity index (χ3v) is 2.69. The van der Waals surface area contributed by atoms with E-state index in [1.807, 2.05) is 12.1 Å². The van der Waals surface area contributed by atoms with Crippen LogP contribution in [-0.4, -0.2) is 29.0 Å². The molecule has 2 aromatic rings. The normalized spacial score (nSPS) is 10.0. The Labute approximate surface area is 120 Å². The van der Waals surface area contributed by atoms with E-state index in [2.05, 4.69) is 15.3 Å². The van der Waals surface area contributed by atoms with Gasteiger partial charge in [0.25, 0.3) is 5.88 Å². The van der Waals surface area contributed by atoms with Crippen LogP contribution in [-0.2, 0) is 6.61 Å². The minimum absolute atomic E-state index is 0.0739. The van der Waals surface area contributed by atoms with Crippen molar-refractivity contribution in [1.29, 1.82) is 0 Å². The van der Waals surface area contributed by atoms with Crippen molar-refractivity contribution in [3.05, 3.63) is 46.1 Å². The number of benzene rings is 1. The maximum absolute atomic E-state index is 10.9. The zero-order valence-corrected chi connectivity index (χ0v) is 11.6. The zero-order chi connectivity index (χ0) is 15.2. The highest BCUT2D eigenvalue weighted by atomic mass is 16.6. The van der Waals surface area contributed by atoms with Crippen molar-refractivity contribution in [1.82, 2.24) is 9.97 Å². The smallest absolute Gasteiger partial charge is 0.349 e. The fraction of sp³-hybridized carbons (Fsp3) is 0.231. The number of methoxy groups -OCH3 is 1. The summed E-state index contributed by atoms with van der Waals surface area (Å²) in [5, 5.41) is 13.6. The molecule has 0 aliphatic carbocycles. The molecular weight excluding hydrogens is 276 g/mol. The van der Waals surface area contributed by atoms with Gasteiger partial charge >= 0.3 is 5.69 Å². The van der Waals surface area contributed by atoms with Crippen LogP contribution in [0.1, 0.15) is 5.56 Å². The number of nitrogens with one attached hydrogen (secondary N) is 1. The Morgan fingerprint density at radius 1 is 1.33 bits per heavy atom. The maximum atomic E-state index is 10.9. The molecule has 0 atom stereocenters. The number of nitrogens with zero attached hydrogens (tertiary/aromatic N) is 3. The van der Waals surface area contributed by atoms with Crippen LogP contribution in [0.2, 0.25) is 0 Å². The van der Waals surface area contributed by atoms with E-state index in [0.717, 1.165) is 17.5 Å². The summed E-state index contributed by atoms with van der Waals surface area (Å²) in [6, 6.07) is 7.19. The number of anilines is 1. The number of hydrogen-bond acceptors (Lipinski definition) is 7. The van der Waals surface area contributed by atoms with E-state index in [4.69, 9.17) is 9.47 Å². The van der Waals surface area contributed by atoms with Crippen LogP contribution in [0.4, 0.5) is 11.6 Å². The third-order valence-electron chi connectivity index (χ3n) is 2.69. The molecule has 1 N–H and O–H groups in total. The van der Waals surface area contributed by atoms with Gasteiger partial charge in [-0.25, -0.2) is 4.98 Å². The van der Waals surface area contributed by atoms with E-state index in [1.54, 1.807) is 26.3 Å². The molecule has 0 amide bonds. The minimum atomic E-state index is -0.581. The van der Waals surface area contributed by atoms with Gasteiger partial charge in [0, 0.05) is 7.05 Å². The van der Waals surface area contributed by atoms with Crippen LogP contribution in [0.15, 0.2) is 30.5 Å². The van der Waals surface area contributed by atoms with E-state index in [9.17, 15) is 10.1 Å². The number of ether oxygens (including phenoxy) is 2. The van der Waals surface area contributed by atoms with Crippen molar-refractivity contribution in [2.75, 3.05) is 19.5 Å². The second-order valence-electron chi connectivity index (χ2n) is 4.03. The average Bonchev–Trinajstić information content (AvgIpc) is 2.52. The van der Waals surface area contributed by atoms with Gasteiger partial charge in [0.1, 0.15) is 18.6 Å². The van der Waals surface area contributed by atoms with Crippen LogP contribution in [0.3, 0.4) is 0 Å². The van der Waals surface area contributed by atoms with Gasteiger partial charge < -0.3 is 14.8 Å². The fourth-order valence-electron chi connectivity index (χ4n) is 1.59. The standard InChI is InChI=1S/C13H14N4O4/c1-14-13-15-7-11(17(18)19)12(16-13)21-8-9-3-5-10(20-2)6-4-9/h3-7H,8H2,1-2H3,(H,14,15,16). The molecule has 0 fully saturated rings. The van der Waals surface area contributed by atoms with Gasteiger partial charge in [-0.2, -0.15) is 4.98 Å². The summed E-state index contributed by atoms with van der Waals surface area (Å²) in [5.74, 6) is 0.907. The number of hydrogen-bond donors (Lipinski definition) is 1. The summed E-state index contributed by atoms with van der Waals surface area (Å²) in [4.78, 5) is 18.1. The molecule has 21 heavy (non-hydrogen) atoms. The predicted molar refractivity (Wildman–Crippen MR) is 75.6 cm³/mol. The second kappa shape index (κ2) is 6.51. The number of aromatic nitrogens is 2. The van der Waals surface area contributed by atoms with Crippen molar-refractivity contribution in [2.24, 2.45) is 0 Å². The molecular formula is C13H14N4O4. The van der Waals surface area contributed by atoms with Crippen molar-refractivity contribution in [2.45, 2.75) is 6.61 Å². The molecule has 1 heterocycles. The SMILES string of the molecule is CNc1ncc([N+](=O)[O-])c(OCc2ccc(OC)cc2)n1. The topological polar surface area (TPSA) is 99.4 Å². The van der Waals surface area contributed by atoms with Gasteiger partial charge in [0.15, 0.2) is 0 Å². The monoisotopic (exact) mass is 290 g/mol. The molecule has 8 nitrogen and oxygen atoms in total. The molecule has 0 bridgehead atoms. The molecule has 0 radical (unpaired) electrons. The van der Waals surface area contributed by atoms with Gasteiger partial charge in [-0.3, -0.25) is 10.1 Å². The van der Waals surface area contributed by atoms with Crippen LogP contribution >= 0.6 is 0 Å². The first kappa shape index (κ1) is 14.5. The lowest BCUT2D eigenvalue weighted by atomic mass is 10.2. The first-order valence-corrected chi connectivity index (χ1v) is 6.09. The molecule has 0 spiro atoms. The van der Waals surface area contributed by atoms with Crippen LogP contribution in [0.5, 0.6) is 11.6 Å². The summed E-state index contributed by atoms with van der Waals surface area (Å²) in [5.41, 5.74) is 0.567. The summed E-state index contributed by atoms with van der Waals surface area (Å²) < 4.78 is 10.5. The average molecular weight is 290 g/mol. The lowest BCUT2D eigenvalue weighted by Gasteiger charge is -2.07. The molecule has 110 valence electrons. The third kappa shape index (κ3) is 3.56. The molecule has 2 rings (SSSR count). The molecule has 0 saturated heterocycles. The van der Waals surface area contributed by atoms with Crippen molar-refractivity contribution >= 4 is 11.6 Å². The van der Waals surface area contributed by atoms with Gasteiger partial charge in [0.2, 0.25) is 5.95 Å². The second-order valence-corrected chi connectivity index (χ2v) is 4.03. The van der Waals surface area contributed by atoms with Gasteiger partial charge in [-0.05, 0) is 17.7 Å². The minimum Gasteiger partial charge on any atom is -0.497 e. The van der Waals surface area contributed by atoms with Gasteiger partial charge in [0.05, 0.1) is 12.0 Å². The molecule has 1 aromatic carbocycles. The van der Waals surface area contributed by atoms with E-state index < -0.39 is 4.92 Å². The Bertz CT molecular complexity index is 631. The summed E-state index contributed by atoms with van der Waals surface area (Å²) in [7, 11) is 3.20. The maximum Gasteiger partial charge on any atom is 0.349 e. The number of nitro groups is 1. The molecule has 0 aliphatic rings. The Morgan fingerprint density at radius 3 is 2.62 bits per heavy atom. The Hall–Kier alpha value is -2.90. The number of rotatable bonds is 6. The molecule has 8 heteroatoms. The van der Waals surface area contributed by atoms with E-state index >= 15 is 0 Å². The Kier molecular flexibility index (Phi) is 4.50. The molecule has 0 unspecified atom stereocenters. The van der Waals surface area contributed by atoms with E-state index in [1.165, 1.54) is 0 Å². The first-order valence-electron chi connectivity index (χ1n) is 6.09. The van der Waals surface area contributed by atoms with Crippen LogP contribution in [0.25, 0.3) is 0 Å². The fourth-order valence-corrected chi connectivity index (χ4v) is 1.59. The highest BCUT2D eigenvalue weighted by Crippen LogP contribution is 2.25. The molecule has 0 saturated carbocycles. The molecule has 1 aromatic heterocycles. The van der Waals surface area contributed by atoms with Crippen LogP contribution < -0.4 is 14.8 Å². The molecule has 0 aliphatic heterocycles. The summed E-state index contributed by atoms with van der Waals surface area (Å²) in [6.45, 7) is 0.158. The van der Waals surface area contributed by atoms with Crippen molar-refractivity contribution in [3.63, 3.8) is 0 Å². The zero-order valence-electron chi connectivity index (χ0n) is 11.6. The highest BCUT2D eigenvalue weighted by molar-refractivity contribution is 5.43. The van der Waals surface area contributed by atoms with Crippen molar-refractivity contribution in [3.8, 4) is 11.6 Å². The highest BCUT2D eigenvalue weighted by Gasteiger charge is 2.18. The van der Waals surface area contributed by atoms with E-state index in [-0.39, 0.29) is 24.1 Å². The van der Waals surface area contributed by atoms with E-state index in [0.29, 0.717) is 0 Å². The van der Waals surface area contributed by atoms with Gasteiger partial charge in [-0.15, -0.1) is 0 Å². The Morgan fingerprint density at radius 2 is 2.05 bits per heavy atom. The predicted octanol–water partition coefficient (Wildman–Crippen LogP) is 2.01. The van der Waals surface area contributed by atoms with Crippen molar-refractivity contribution < 1.29 is 14.4 Å². The quantitative estimate of drug-likeness (QED) is 0.641. The summed E-state index contributed by atoms with van der Waals surface area (Å²) in [6.07, 6.45) is 1.11. The summed E-state index contributed by atoms with van der Waals surface area (Å²) >= 11 is 0.